The van der Waals surface area contributed by atoms with E-state index in [-0.39, 0.29) is 11.8 Å². The van der Waals surface area contributed by atoms with Gasteiger partial charge >= 0.3 is 0 Å². The van der Waals surface area contributed by atoms with Gasteiger partial charge in [-0.05, 0) is 55.4 Å². The van der Waals surface area contributed by atoms with Crippen LogP contribution in [0.4, 0.5) is 5.82 Å². The molecule has 1 aromatic heterocycles. The summed E-state index contributed by atoms with van der Waals surface area (Å²) in [5.74, 6) is 1.63. The summed E-state index contributed by atoms with van der Waals surface area (Å²) in [6, 6.07) is 12.8. The zero-order valence-electron chi connectivity index (χ0n) is 17.6. The van der Waals surface area contributed by atoms with Crippen LogP contribution in [0.5, 0.6) is 0 Å². The molecular formula is C24H30N4O2. The van der Waals surface area contributed by atoms with Crippen LogP contribution >= 0.6 is 0 Å². The first-order chi connectivity index (χ1) is 14.6. The van der Waals surface area contributed by atoms with E-state index in [1.807, 2.05) is 36.5 Å². The Kier molecular flexibility index (Phi) is 6.31. The van der Waals surface area contributed by atoms with E-state index >= 15 is 0 Å². The minimum atomic E-state index is -0.403. The molecule has 2 amide bonds. The second-order valence-electron chi connectivity index (χ2n) is 8.43. The van der Waals surface area contributed by atoms with Gasteiger partial charge in [-0.25, -0.2) is 4.98 Å². The van der Waals surface area contributed by atoms with E-state index in [4.69, 9.17) is 0 Å². The van der Waals surface area contributed by atoms with Crippen LogP contribution in [0.1, 0.15) is 48.5 Å². The van der Waals surface area contributed by atoms with Crippen LogP contribution in [-0.4, -0.2) is 47.4 Å². The number of benzene rings is 1. The summed E-state index contributed by atoms with van der Waals surface area (Å²) in [6.45, 7) is 5.45. The Morgan fingerprint density at radius 1 is 1.03 bits per heavy atom. The minimum Gasteiger partial charge on any atom is -0.357 e. The van der Waals surface area contributed by atoms with Crippen LogP contribution in [0.15, 0.2) is 48.7 Å². The molecule has 1 unspecified atom stereocenters. The first-order valence-corrected chi connectivity index (χ1v) is 11.0. The highest BCUT2D eigenvalue weighted by Gasteiger charge is 2.34. The van der Waals surface area contributed by atoms with Gasteiger partial charge in [0.05, 0.1) is 0 Å². The zero-order chi connectivity index (χ0) is 20.9. The number of piperidine rings is 1. The van der Waals surface area contributed by atoms with Crippen LogP contribution in [0.2, 0.25) is 0 Å². The number of pyridine rings is 1. The molecule has 0 bridgehead atoms. The van der Waals surface area contributed by atoms with E-state index in [0.717, 1.165) is 36.8 Å². The maximum atomic E-state index is 12.8. The molecule has 6 nitrogen and oxygen atoms in total. The summed E-state index contributed by atoms with van der Waals surface area (Å²) < 4.78 is 0. The normalized spacial score (nSPS) is 19.7. The summed E-state index contributed by atoms with van der Waals surface area (Å²) in [4.78, 5) is 34.2. The molecule has 30 heavy (non-hydrogen) atoms. The number of amides is 2. The molecule has 2 saturated heterocycles. The number of likely N-dealkylation sites (tertiary alicyclic amines) is 1. The lowest BCUT2D eigenvalue weighted by Gasteiger charge is -2.31. The van der Waals surface area contributed by atoms with Gasteiger partial charge in [0.15, 0.2) is 0 Å². The maximum absolute atomic E-state index is 12.8. The second kappa shape index (κ2) is 9.28. The molecule has 2 aliphatic rings. The molecule has 0 aliphatic carbocycles. The number of hydrogen-bond acceptors (Lipinski definition) is 4. The number of nitrogens with zero attached hydrogens (tertiary/aromatic N) is 3. The first kappa shape index (κ1) is 20.4. The van der Waals surface area contributed by atoms with Crippen LogP contribution in [0, 0.1) is 5.92 Å². The van der Waals surface area contributed by atoms with E-state index < -0.39 is 6.04 Å². The smallest absolute Gasteiger partial charge is 0.254 e. The molecule has 0 spiro atoms. The van der Waals surface area contributed by atoms with Gasteiger partial charge in [-0.1, -0.05) is 31.2 Å². The number of anilines is 1. The third kappa shape index (κ3) is 4.64. The molecule has 1 aromatic carbocycles. The highest BCUT2D eigenvalue weighted by atomic mass is 16.2. The van der Waals surface area contributed by atoms with Crippen molar-refractivity contribution in [3.63, 3.8) is 0 Å². The Balaban J connectivity index is 1.32. The van der Waals surface area contributed by atoms with E-state index in [9.17, 15) is 9.59 Å². The average molecular weight is 407 g/mol. The SMILES string of the molecule is CC1CCN(c2ccc(CNC(=O)C3CCCN3C(=O)c3ccccc3)cn2)CC1. The summed E-state index contributed by atoms with van der Waals surface area (Å²) in [7, 11) is 0. The fourth-order valence-electron chi connectivity index (χ4n) is 4.28. The van der Waals surface area contributed by atoms with Crippen molar-refractivity contribution in [1.82, 2.24) is 15.2 Å². The zero-order valence-corrected chi connectivity index (χ0v) is 17.6. The lowest BCUT2D eigenvalue weighted by molar-refractivity contribution is -0.125. The topological polar surface area (TPSA) is 65.5 Å². The van der Waals surface area contributed by atoms with E-state index in [0.29, 0.717) is 25.1 Å². The molecule has 0 saturated carbocycles. The molecule has 1 atom stereocenters. The third-order valence-electron chi connectivity index (χ3n) is 6.22. The Labute approximate surface area is 178 Å². The van der Waals surface area contributed by atoms with E-state index in [1.165, 1.54) is 12.8 Å². The average Bonchev–Trinajstić information content (AvgIpc) is 3.28. The van der Waals surface area contributed by atoms with Crippen LogP contribution in [0.25, 0.3) is 0 Å². The van der Waals surface area contributed by atoms with Crippen molar-refractivity contribution >= 4 is 17.6 Å². The number of rotatable bonds is 5. The fourth-order valence-corrected chi connectivity index (χ4v) is 4.28. The molecular weight excluding hydrogens is 376 g/mol. The maximum Gasteiger partial charge on any atom is 0.254 e. The number of carbonyl (C=O) groups excluding carboxylic acids is 2. The van der Waals surface area contributed by atoms with E-state index in [1.54, 1.807) is 17.0 Å². The second-order valence-corrected chi connectivity index (χ2v) is 8.43. The van der Waals surface area contributed by atoms with Gasteiger partial charge in [-0.3, -0.25) is 9.59 Å². The number of aromatic nitrogens is 1. The summed E-state index contributed by atoms with van der Waals surface area (Å²) in [5, 5.41) is 3.00. The summed E-state index contributed by atoms with van der Waals surface area (Å²) in [6.07, 6.45) is 5.81. The van der Waals surface area contributed by atoms with Gasteiger partial charge in [0.1, 0.15) is 11.9 Å². The van der Waals surface area contributed by atoms with Gasteiger partial charge in [0.2, 0.25) is 5.91 Å². The molecule has 2 fully saturated rings. The van der Waals surface area contributed by atoms with E-state index in [2.05, 4.69) is 22.1 Å². The van der Waals surface area contributed by atoms with Gasteiger partial charge < -0.3 is 15.1 Å². The molecule has 2 aromatic rings. The van der Waals surface area contributed by atoms with Crippen molar-refractivity contribution in [2.75, 3.05) is 24.5 Å². The predicted molar refractivity (Wildman–Crippen MR) is 117 cm³/mol. The number of hydrogen-bond donors (Lipinski definition) is 1. The van der Waals surface area contributed by atoms with Crippen molar-refractivity contribution in [2.45, 2.75) is 45.2 Å². The molecule has 3 heterocycles. The predicted octanol–water partition coefficient (Wildman–Crippen LogP) is 3.24. The number of carbonyl (C=O) groups is 2. The van der Waals surface area contributed by atoms with Crippen molar-refractivity contribution in [3.8, 4) is 0 Å². The number of nitrogens with one attached hydrogen (secondary N) is 1. The Morgan fingerprint density at radius 3 is 2.50 bits per heavy atom. The fraction of sp³-hybridized carbons (Fsp3) is 0.458. The Hall–Kier alpha value is -2.89. The highest BCUT2D eigenvalue weighted by molar-refractivity contribution is 5.97. The van der Waals surface area contributed by atoms with Crippen molar-refractivity contribution in [1.29, 1.82) is 0 Å². The quantitative estimate of drug-likeness (QED) is 0.828. The summed E-state index contributed by atoms with van der Waals surface area (Å²) >= 11 is 0. The highest BCUT2D eigenvalue weighted by Crippen LogP contribution is 2.22. The molecule has 158 valence electrons. The molecule has 1 N–H and O–H groups in total. The molecule has 6 heteroatoms. The van der Waals surface area contributed by atoms with Crippen LogP contribution < -0.4 is 10.2 Å². The Bertz CT molecular complexity index is 861. The monoisotopic (exact) mass is 406 g/mol. The standard InChI is InChI=1S/C24H30N4O2/c1-18-11-14-27(15-12-18)22-10-9-19(16-25-22)17-26-23(29)21-8-5-13-28(21)24(30)20-6-3-2-4-7-20/h2-4,6-7,9-10,16,18,21H,5,8,11-15,17H2,1H3,(H,26,29). The van der Waals surface area contributed by atoms with Gasteiger partial charge in [0.25, 0.3) is 5.91 Å². The lowest BCUT2D eigenvalue weighted by Crippen LogP contribution is -2.45. The molecule has 4 rings (SSSR count). The van der Waals surface area contributed by atoms with Crippen LogP contribution in [0.3, 0.4) is 0 Å². The molecule has 2 aliphatic heterocycles. The largest absolute Gasteiger partial charge is 0.357 e. The van der Waals surface area contributed by atoms with Crippen molar-refractivity contribution in [3.05, 3.63) is 59.8 Å². The first-order valence-electron chi connectivity index (χ1n) is 11.0. The van der Waals surface area contributed by atoms with Gasteiger partial charge in [0, 0.05) is 37.9 Å². The third-order valence-corrected chi connectivity index (χ3v) is 6.22. The summed E-state index contributed by atoms with van der Waals surface area (Å²) in [5.41, 5.74) is 1.60. The molecule has 0 radical (unpaired) electrons. The minimum absolute atomic E-state index is 0.0740. The lowest BCUT2D eigenvalue weighted by atomic mass is 9.99. The van der Waals surface area contributed by atoms with Crippen molar-refractivity contribution < 1.29 is 9.59 Å². The van der Waals surface area contributed by atoms with Gasteiger partial charge in [-0.15, -0.1) is 0 Å². The van der Waals surface area contributed by atoms with Gasteiger partial charge in [-0.2, -0.15) is 0 Å². The van der Waals surface area contributed by atoms with Crippen molar-refractivity contribution in [2.24, 2.45) is 5.92 Å². The van der Waals surface area contributed by atoms with Crippen LogP contribution in [-0.2, 0) is 11.3 Å². The Morgan fingerprint density at radius 2 is 1.80 bits per heavy atom.